The second-order valence-corrected chi connectivity index (χ2v) is 7.59. The van der Waals surface area contributed by atoms with Crippen LogP contribution in [0.3, 0.4) is 0 Å². The first-order valence-electron chi connectivity index (χ1n) is 9.30. The Hall–Kier alpha value is -3.16. The summed E-state index contributed by atoms with van der Waals surface area (Å²) in [5, 5.41) is 4.04. The highest BCUT2D eigenvalue weighted by molar-refractivity contribution is 7.80. The molecule has 1 saturated heterocycles. The van der Waals surface area contributed by atoms with Gasteiger partial charge in [0.05, 0.1) is 24.9 Å². The van der Waals surface area contributed by atoms with Crippen molar-refractivity contribution < 1.29 is 14.0 Å². The summed E-state index contributed by atoms with van der Waals surface area (Å²) in [6.07, 6.45) is 1.58. The van der Waals surface area contributed by atoms with Gasteiger partial charge in [0.25, 0.3) is 5.91 Å². The molecule has 1 unspecified atom stereocenters. The zero-order valence-corrected chi connectivity index (χ0v) is 17.4. The normalized spacial score (nSPS) is 16.0. The Kier molecular flexibility index (Phi) is 5.83. The molecular formula is C22H18ClN3O3S. The first kappa shape index (κ1) is 20.1. The molecule has 0 saturated carbocycles. The summed E-state index contributed by atoms with van der Waals surface area (Å²) >= 11 is 11.6. The summed E-state index contributed by atoms with van der Waals surface area (Å²) in [7, 11) is 0. The third kappa shape index (κ3) is 4.22. The lowest BCUT2D eigenvalue weighted by molar-refractivity contribution is -0.122. The van der Waals surface area contributed by atoms with Gasteiger partial charge in [0.1, 0.15) is 11.8 Å². The number of benzene rings is 2. The number of rotatable bonds is 5. The maximum atomic E-state index is 13.2. The Morgan fingerprint density at radius 1 is 1.10 bits per heavy atom. The standard InChI is InChI=1S/C22H18ClN3O3S/c23-15-8-10-16(11-9-15)24-22(30)25(14-18-7-4-12-29-18)19-13-20(27)26(21(19)28)17-5-2-1-3-6-17/h1-12,19H,13-14H2,(H,24,30). The van der Waals surface area contributed by atoms with Gasteiger partial charge >= 0.3 is 0 Å². The molecule has 1 fully saturated rings. The van der Waals surface area contributed by atoms with Gasteiger partial charge in [0, 0.05) is 10.7 Å². The summed E-state index contributed by atoms with van der Waals surface area (Å²) in [6, 6.07) is 18.8. The highest BCUT2D eigenvalue weighted by atomic mass is 35.5. The van der Waals surface area contributed by atoms with Gasteiger partial charge in [-0.15, -0.1) is 0 Å². The fourth-order valence-corrected chi connectivity index (χ4v) is 3.77. The summed E-state index contributed by atoms with van der Waals surface area (Å²) in [6.45, 7) is 0.249. The van der Waals surface area contributed by atoms with Crippen LogP contribution >= 0.6 is 23.8 Å². The SMILES string of the molecule is O=C1CC(N(Cc2ccco2)C(=S)Nc2ccc(Cl)cc2)C(=O)N1c1ccccc1. The Morgan fingerprint density at radius 2 is 1.83 bits per heavy atom. The number of nitrogens with one attached hydrogen (secondary N) is 1. The van der Waals surface area contributed by atoms with Crippen molar-refractivity contribution in [2.24, 2.45) is 0 Å². The quantitative estimate of drug-likeness (QED) is 0.467. The minimum atomic E-state index is -0.741. The molecule has 3 aromatic rings. The number of hydrogen-bond acceptors (Lipinski definition) is 4. The lowest BCUT2D eigenvalue weighted by atomic mass is 10.2. The van der Waals surface area contributed by atoms with E-state index >= 15 is 0 Å². The van der Waals surface area contributed by atoms with Crippen LogP contribution in [0.1, 0.15) is 12.2 Å². The van der Waals surface area contributed by atoms with E-state index in [4.69, 9.17) is 28.2 Å². The summed E-state index contributed by atoms with van der Waals surface area (Å²) in [4.78, 5) is 28.8. The molecule has 30 heavy (non-hydrogen) atoms. The van der Waals surface area contributed by atoms with E-state index in [9.17, 15) is 9.59 Å². The zero-order chi connectivity index (χ0) is 21.1. The molecule has 1 N–H and O–H groups in total. The van der Waals surface area contributed by atoms with Gasteiger partial charge < -0.3 is 14.6 Å². The van der Waals surface area contributed by atoms with Crippen molar-refractivity contribution in [1.82, 2.24) is 4.90 Å². The van der Waals surface area contributed by atoms with Crippen LogP contribution in [0.4, 0.5) is 11.4 Å². The number of furan rings is 1. The molecule has 152 valence electrons. The lowest BCUT2D eigenvalue weighted by Crippen LogP contribution is -2.46. The average molecular weight is 440 g/mol. The van der Waals surface area contributed by atoms with Crippen LogP contribution in [0.5, 0.6) is 0 Å². The first-order chi connectivity index (χ1) is 14.5. The molecule has 0 aliphatic carbocycles. The number of nitrogens with zero attached hydrogens (tertiary/aromatic N) is 2. The number of imide groups is 1. The summed E-state index contributed by atoms with van der Waals surface area (Å²) in [5.41, 5.74) is 1.27. The Bertz CT molecular complexity index is 1060. The molecule has 1 aromatic heterocycles. The maximum absolute atomic E-state index is 13.2. The highest BCUT2D eigenvalue weighted by Gasteiger charge is 2.43. The van der Waals surface area contributed by atoms with Gasteiger partial charge in [-0.25, -0.2) is 4.90 Å². The fourth-order valence-electron chi connectivity index (χ4n) is 3.33. The van der Waals surface area contributed by atoms with Gasteiger partial charge in [-0.2, -0.15) is 0 Å². The smallest absolute Gasteiger partial charge is 0.257 e. The molecule has 2 amide bonds. The molecule has 1 aliphatic rings. The minimum Gasteiger partial charge on any atom is -0.467 e. The minimum absolute atomic E-state index is 0.0247. The van der Waals surface area contributed by atoms with Gasteiger partial charge in [-0.1, -0.05) is 29.8 Å². The largest absolute Gasteiger partial charge is 0.467 e. The van der Waals surface area contributed by atoms with Crippen LogP contribution in [0.15, 0.2) is 77.4 Å². The van der Waals surface area contributed by atoms with Crippen molar-refractivity contribution in [3.8, 4) is 0 Å². The third-order valence-corrected chi connectivity index (χ3v) is 5.36. The molecule has 0 spiro atoms. The van der Waals surface area contributed by atoms with Crippen molar-refractivity contribution in [2.45, 2.75) is 19.0 Å². The number of hydrogen-bond donors (Lipinski definition) is 1. The van der Waals surface area contributed by atoms with E-state index in [2.05, 4.69) is 5.32 Å². The topological polar surface area (TPSA) is 65.8 Å². The number of carbonyl (C=O) groups is 2. The number of carbonyl (C=O) groups excluding carboxylic acids is 2. The molecule has 1 aliphatic heterocycles. The second-order valence-electron chi connectivity index (χ2n) is 6.77. The van der Waals surface area contributed by atoms with Crippen LogP contribution in [0.25, 0.3) is 0 Å². The Balaban J connectivity index is 1.60. The lowest BCUT2D eigenvalue weighted by Gasteiger charge is -2.29. The molecule has 2 aromatic carbocycles. The van der Waals surface area contributed by atoms with Gasteiger partial charge in [-0.3, -0.25) is 9.59 Å². The van der Waals surface area contributed by atoms with Crippen LogP contribution < -0.4 is 10.2 Å². The Morgan fingerprint density at radius 3 is 2.50 bits per heavy atom. The van der Waals surface area contributed by atoms with Crippen molar-refractivity contribution in [1.29, 1.82) is 0 Å². The third-order valence-electron chi connectivity index (χ3n) is 4.78. The van der Waals surface area contributed by atoms with E-state index in [1.54, 1.807) is 71.8 Å². The van der Waals surface area contributed by atoms with Gasteiger partial charge in [-0.05, 0) is 60.7 Å². The van der Waals surface area contributed by atoms with Crippen molar-refractivity contribution in [2.75, 3.05) is 10.2 Å². The highest BCUT2D eigenvalue weighted by Crippen LogP contribution is 2.27. The van der Waals surface area contributed by atoms with Crippen LogP contribution in [-0.2, 0) is 16.1 Å². The molecule has 8 heteroatoms. The van der Waals surface area contributed by atoms with Crippen LogP contribution in [0.2, 0.25) is 5.02 Å². The molecule has 0 radical (unpaired) electrons. The van der Waals surface area contributed by atoms with Gasteiger partial charge in [0.15, 0.2) is 5.11 Å². The van der Waals surface area contributed by atoms with Gasteiger partial charge in [0.2, 0.25) is 5.91 Å². The van der Waals surface area contributed by atoms with Crippen LogP contribution in [0, 0.1) is 0 Å². The maximum Gasteiger partial charge on any atom is 0.257 e. The fraction of sp³-hybridized carbons (Fsp3) is 0.136. The van der Waals surface area contributed by atoms with E-state index in [-0.39, 0.29) is 24.8 Å². The second kappa shape index (κ2) is 8.69. The number of para-hydroxylation sites is 1. The summed E-state index contributed by atoms with van der Waals surface area (Å²) in [5.74, 6) is 0.0432. The summed E-state index contributed by atoms with van der Waals surface area (Å²) < 4.78 is 5.46. The van der Waals surface area contributed by atoms with E-state index in [1.807, 2.05) is 6.07 Å². The van der Waals surface area contributed by atoms with E-state index < -0.39 is 6.04 Å². The Labute approximate surface area is 184 Å². The van der Waals surface area contributed by atoms with Crippen molar-refractivity contribution in [3.63, 3.8) is 0 Å². The molecule has 6 nitrogen and oxygen atoms in total. The molecular weight excluding hydrogens is 422 g/mol. The zero-order valence-electron chi connectivity index (χ0n) is 15.8. The molecule has 1 atom stereocenters. The molecule has 2 heterocycles. The molecule has 4 rings (SSSR count). The van der Waals surface area contributed by atoms with E-state index in [0.717, 1.165) is 5.69 Å². The first-order valence-corrected chi connectivity index (χ1v) is 10.1. The monoisotopic (exact) mass is 439 g/mol. The van der Waals surface area contributed by atoms with E-state index in [1.165, 1.54) is 4.90 Å². The number of amides is 2. The van der Waals surface area contributed by atoms with Crippen molar-refractivity contribution >= 4 is 52.1 Å². The predicted octanol–water partition coefficient (Wildman–Crippen LogP) is 4.46. The average Bonchev–Trinajstić information content (AvgIpc) is 3.36. The number of halogens is 1. The van der Waals surface area contributed by atoms with Crippen molar-refractivity contribution in [3.05, 3.63) is 83.8 Å². The predicted molar refractivity (Wildman–Crippen MR) is 119 cm³/mol. The number of anilines is 2. The number of thiocarbonyl (C=S) groups is 1. The molecule has 0 bridgehead atoms. The van der Waals surface area contributed by atoms with E-state index in [0.29, 0.717) is 21.6 Å². The van der Waals surface area contributed by atoms with Crippen LogP contribution in [-0.4, -0.2) is 27.9 Å².